The van der Waals surface area contributed by atoms with Crippen molar-refractivity contribution in [3.05, 3.63) is 0 Å². The second kappa shape index (κ2) is 6.41. The number of carbonyl (C=O) groups is 1. The van der Waals surface area contributed by atoms with Crippen molar-refractivity contribution in [1.82, 2.24) is 10.6 Å². The molecule has 1 saturated heterocycles. The summed E-state index contributed by atoms with van der Waals surface area (Å²) in [5.41, 5.74) is 0. The Morgan fingerprint density at radius 2 is 2.06 bits per heavy atom. The molecule has 0 aromatic rings. The van der Waals surface area contributed by atoms with E-state index in [-0.39, 0.29) is 6.03 Å². The van der Waals surface area contributed by atoms with Crippen LogP contribution < -0.4 is 10.6 Å². The number of carbonyl (C=O) groups excluding carboxylic acids is 1. The maximum atomic E-state index is 11.7. The Labute approximate surface area is 110 Å². The third-order valence-corrected chi connectivity index (χ3v) is 4.12. The summed E-state index contributed by atoms with van der Waals surface area (Å²) in [7, 11) is 0. The zero-order valence-electron chi connectivity index (χ0n) is 11.6. The Hall–Kier alpha value is -0.770. The van der Waals surface area contributed by atoms with E-state index in [4.69, 9.17) is 4.74 Å². The van der Waals surface area contributed by atoms with Gasteiger partial charge in [0.25, 0.3) is 0 Å². The second-order valence-corrected chi connectivity index (χ2v) is 5.96. The van der Waals surface area contributed by atoms with Gasteiger partial charge in [-0.05, 0) is 38.0 Å². The van der Waals surface area contributed by atoms with Crippen LogP contribution in [-0.2, 0) is 4.74 Å². The lowest BCUT2D eigenvalue weighted by Crippen LogP contribution is -2.48. The monoisotopic (exact) mass is 254 g/mol. The second-order valence-electron chi connectivity index (χ2n) is 5.96. The molecule has 2 fully saturated rings. The predicted octanol–water partition coefficient (Wildman–Crippen LogP) is 2.29. The smallest absolute Gasteiger partial charge is 0.315 e. The van der Waals surface area contributed by atoms with Crippen LogP contribution in [0.1, 0.15) is 46.0 Å². The molecule has 0 aromatic carbocycles. The highest BCUT2D eigenvalue weighted by Gasteiger charge is 2.29. The van der Waals surface area contributed by atoms with Crippen LogP contribution in [0.4, 0.5) is 4.79 Å². The molecule has 4 nitrogen and oxygen atoms in total. The first kappa shape index (κ1) is 13.7. The lowest BCUT2D eigenvalue weighted by atomic mass is 9.87. The zero-order chi connectivity index (χ0) is 13.0. The molecule has 0 spiro atoms. The fourth-order valence-electron chi connectivity index (χ4n) is 2.83. The number of urea groups is 1. The molecule has 1 saturated carbocycles. The zero-order valence-corrected chi connectivity index (χ0v) is 11.6. The van der Waals surface area contributed by atoms with Crippen molar-refractivity contribution in [3.63, 3.8) is 0 Å². The Bertz CT molecular complexity index is 277. The van der Waals surface area contributed by atoms with Gasteiger partial charge in [0, 0.05) is 25.1 Å². The van der Waals surface area contributed by atoms with Gasteiger partial charge in [-0.2, -0.15) is 0 Å². The molecule has 2 unspecified atom stereocenters. The molecule has 0 radical (unpaired) electrons. The van der Waals surface area contributed by atoms with Crippen LogP contribution in [0, 0.1) is 11.8 Å². The maximum Gasteiger partial charge on any atom is 0.315 e. The number of hydrogen-bond donors (Lipinski definition) is 2. The van der Waals surface area contributed by atoms with Gasteiger partial charge >= 0.3 is 6.03 Å². The fourth-order valence-corrected chi connectivity index (χ4v) is 2.83. The molecule has 2 atom stereocenters. The van der Waals surface area contributed by atoms with E-state index in [1.54, 1.807) is 0 Å². The standard InChI is InChI=1S/C14H26N2O2/c1-10(2)13-11(5-4-8-18-13)9-15-14(17)16-12-6-3-7-12/h10-13H,3-9H2,1-2H3,(H2,15,16,17). The molecule has 4 heteroatoms. The number of hydrogen-bond acceptors (Lipinski definition) is 2. The minimum atomic E-state index is -0.00669. The highest BCUT2D eigenvalue weighted by Crippen LogP contribution is 2.25. The molecule has 2 aliphatic rings. The third-order valence-electron chi connectivity index (χ3n) is 4.12. The van der Waals surface area contributed by atoms with Gasteiger partial charge in [0.2, 0.25) is 0 Å². The van der Waals surface area contributed by atoms with E-state index in [0.717, 1.165) is 38.8 Å². The van der Waals surface area contributed by atoms with Gasteiger partial charge in [-0.3, -0.25) is 0 Å². The molecular formula is C14H26N2O2. The lowest BCUT2D eigenvalue weighted by molar-refractivity contribution is -0.0508. The van der Waals surface area contributed by atoms with Gasteiger partial charge in [0.1, 0.15) is 0 Å². The van der Waals surface area contributed by atoms with Crippen LogP contribution >= 0.6 is 0 Å². The molecule has 1 aliphatic carbocycles. The van der Waals surface area contributed by atoms with Crippen LogP contribution in [0.3, 0.4) is 0 Å². The van der Waals surface area contributed by atoms with E-state index in [1.165, 1.54) is 6.42 Å². The normalized spacial score (nSPS) is 28.8. The molecule has 1 heterocycles. The van der Waals surface area contributed by atoms with Crippen molar-refractivity contribution < 1.29 is 9.53 Å². The van der Waals surface area contributed by atoms with E-state index in [9.17, 15) is 4.79 Å². The van der Waals surface area contributed by atoms with Crippen molar-refractivity contribution in [3.8, 4) is 0 Å². The minimum Gasteiger partial charge on any atom is -0.378 e. The first-order valence-electron chi connectivity index (χ1n) is 7.33. The molecule has 2 amide bonds. The van der Waals surface area contributed by atoms with Gasteiger partial charge < -0.3 is 15.4 Å². The summed E-state index contributed by atoms with van der Waals surface area (Å²) in [5.74, 6) is 0.984. The molecular weight excluding hydrogens is 228 g/mol. The Morgan fingerprint density at radius 3 is 2.67 bits per heavy atom. The molecule has 2 rings (SSSR count). The molecule has 2 N–H and O–H groups in total. The molecule has 0 bridgehead atoms. The van der Waals surface area contributed by atoms with E-state index in [2.05, 4.69) is 24.5 Å². The van der Waals surface area contributed by atoms with E-state index >= 15 is 0 Å². The Kier molecular flexibility index (Phi) is 4.87. The van der Waals surface area contributed by atoms with Gasteiger partial charge in [-0.25, -0.2) is 4.79 Å². The summed E-state index contributed by atoms with van der Waals surface area (Å²) in [6.07, 6.45) is 6.08. The van der Waals surface area contributed by atoms with Gasteiger partial charge in [0.05, 0.1) is 6.10 Å². The average Bonchev–Trinajstić information content (AvgIpc) is 2.31. The van der Waals surface area contributed by atoms with Crippen LogP contribution in [0.25, 0.3) is 0 Å². The van der Waals surface area contributed by atoms with Crippen LogP contribution in [-0.4, -0.2) is 31.3 Å². The Morgan fingerprint density at radius 1 is 1.28 bits per heavy atom. The first-order chi connectivity index (χ1) is 8.66. The predicted molar refractivity (Wildman–Crippen MR) is 71.5 cm³/mol. The van der Waals surface area contributed by atoms with Crippen molar-refractivity contribution in [1.29, 1.82) is 0 Å². The quantitative estimate of drug-likeness (QED) is 0.808. The van der Waals surface area contributed by atoms with Crippen LogP contribution in [0.2, 0.25) is 0 Å². The van der Waals surface area contributed by atoms with Crippen molar-refractivity contribution in [2.45, 2.75) is 58.1 Å². The number of nitrogens with one attached hydrogen (secondary N) is 2. The summed E-state index contributed by atoms with van der Waals surface area (Å²) in [5, 5.41) is 6.02. The van der Waals surface area contributed by atoms with Crippen molar-refractivity contribution >= 4 is 6.03 Å². The minimum absolute atomic E-state index is 0.00669. The van der Waals surface area contributed by atoms with Crippen LogP contribution in [0.15, 0.2) is 0 Å². The van der Waals surface area contributed by atoms with Gasteiger partial charge in [-0.15, -0.1) is 0 Å². The highest BCUT2D eigenvalue weighted by atomic mass is 16.5. The summed E-state index contributed by atoms with van der Waals surface area (Å²) in [6.45, 7) is 5.99. The lowest BCUT2D eigenvalue weighted by Gasteiger charge is -2.35. The number of ether oxygens (including phenoxy) is 1. The molecule has 18 heavy (non-hydrogen) atoms. The third kappa shape index (κ3) is 3.61. The van der Waals surface area contributed by atoms with Crippen molar-refractivity contribution in [2.24, 2.45) is 11.8 Å². The topological polar surface area (TPSA) is 50.4 Å². The maximum absolute atomic E-state index is 11.7. The summed E-state index contributed by atoms with van der Waals surface area (Å²) < 4.78 is 5.83. The average molecular weight is 254 g/mol. The van der Waals surface area contributed by atoms with Crippen molar-refractivity contribution in [2.75, 3.05) is 13.2 Å². The van der Waals surface area contributed by atoms with Gasteiger partial charge in [-0.1, -0.05) is 13.8 Å². The van der Waals surface area contributed by atoms with E-state index in [1.807, 2.05) is 0 Å². The van der Waals surface area contributed by atoms with Crippen LogP contribution in [0.5, 0.6) is 0 Å². The largest absolute Gasteiger partial charge is 0.378 e. The summed E-state index contributed by atoms with van der Waals surface area (Å²) >= 11 is 0. The SMILES string of the molecule is CC(C)C1OCCCC1CNC(=O)NC1CCC1. The summed E-state index contributed by atoms with van der Waals surface area (Å²) in [4.78, 5) is 11.7. The fraction of sp³-hybridized carbons (Fsp3) is 0.929. The number of rotatable bonds is 4. The molecule has 1 aliphatic heterocycles. The highest BCUT2D eigenvalue weighted by molar-refractivity contribution is 5.74. The molecule has 0 aromatic heterocycles. The number of amides is 2. The first-order valence-corrected chi connectivity index (χ1v) is 7.33. The molecule has 104 valence electrons. The van der Waals surface area contributed by atoms with E-state index in [0.29, 0.717) is 24.0 Å². The summed E-state index contributed by atoms with van der Waals surface area (Å²) in [6, 6.07) is 0.404. The van der Waals surface area contributed by atoms with Gasteiger partial charge in [0.15, 0.2) is 0 Å². The van der Waals surface area contributed by atoms with E-state index < -0.39 is 0 Å². The Balaban J connectivity index is 1.71.